The van der Waals surface area contributed by atoms with Crippen molar-refractivity contribution in [1.82, 2.24) is 10.3 Å². The summed E-state index contributed by atoms with van der Waals surface area (Å²) in [4.78, 5) is 29.4. The topological polar surface area (TPSA) is 123 Å². The van der Waals surface area contributed by atoms with Gasteiger partial charge >= 0.3 is 0 Å². The van der Waals surface area contributed by atoms with Crippen LogP contribution in [0.3, 0.4) is 0 Å². The number of anilines is 2. The zero-order valence-corrected chi connectivity index (χ0v) is 22.0. The lowest BCUT2D eigenvalue weighted by Gasteiger charge is -2.26. The van der Waals surface area contributed by atoms with Gasteiger partial charge in [-0.2, -0.15) is 0 Å². The maximum atomic E-state index is 12.0. The van der Waals surface area contributed by atoms with E-state index in [1.165, 1.54) is 19.2 Å². The quantitative estimate of drug-likeness (QED) is 0.173. The van der Waals surface area contributed by atoms with E-state index < -0.39 is 11.0 Å². The Morgan fingerprint density at radius 2 is 2.03 bits per heavy atom. The highest BCUT2D eigenvalue weighted by molar-refractivity contribution is 7.80. The van der Waals surface area contributed by atoms with Gasteiger partial charge in [-0.05, 0) is 67.2 Å². The van der Waals surface area contributed by atoms with Crippen molar-refractivity contribution in [3.05, 3.63) is 106 Å². The second-order valence-corrected chi connectivity index (χ2v) is 9.37. The van der Waals surface area contributed by atoms with Crippen LogP contribution in [0.4, 0.5) is 17.1 Å². The molecule has 2 aromatic carbocycles. The van der Waals surface area contributed by atoms with E-state index in [2.05, 4.69) is 15.6 Å². The van der Waals surface area contributed by atoms with Crippen molar-refractivity contribution in [3.8, 4) is 11.3 Å². The first-order chi connectivity index (χ1) is 18.9. The molecular weight excluding hydrogens is 518 g/mol. The van der Waals surface area contributed by atoms with Crippen LogP contribution in [0.25, 0.3) is 11.3 Å². The molecule has 0 aliphatic carbocycles. The van der Waals surface area contributed by atoms with Gasteiger partial charge in [-0.1, -0.05) is 18.2 Å². The van der Waals surface area contributed by atoms with E-state index in [-0.39, 0.29) is 24.2 Å². The molecule has 2 N–H and O–H groups in total. The van der Waals surface area contributed by atoms with Crippen LogP contribution >= 0.6 is 12.2 Å². The van der Waals surface area contributed by atoms with Crippen LogP contribution in [0.5, 0.6) is 0 Å². The van der Waals surface area contributed by atoms with Gasteiger partial charge in [-0.15, -0.1) is 0 Å². The van der Waals surface area contributed by atoms with Crippen molar-refractivity contribution in [2.24, 2.45) is 0 Å². The summed E-state index contributed by atoms with van der Waals surface area (Å²) in [6.45, 7) is 1.86. The minimum atomic E-state index is -0.435. The highest BCUT2D eigenvalue weighted by Gasteiger charge is 2.42. The number of thiocarbonyl (C=S) groups is 1. The molecule has 2 atom stereocenters. The predicted molar refractivity (Wildman–Crippen MR) is 150 cm³/mol. The summed E-state index contributed by atoms with van der Waals surface area (Å²) in [6, 6.07) is 20.5. The monoisotopic (exact) mass is 543 g/mol. The van der Waals surface area contributed by atoms with Crippen LogP contribution in [0, 0.1) is 17.0 Å². The van der Waals surface area contributed by atoms with Gasteiger partial charge in [0.2, 0.25) is 5.91 Å². The second kappa shape index (κ2) is 11.0. The van der Waals surface area contributed by atoms with Crippen LogP contribution in [-0.2, 0) is 9.53 Å². The summed E-state index contributed by atoms with van der Waals surface area (Å²) in [5.74, 6) is 0.859. The Morgan fingerprint density at radius 1 is 1.18 bits per heavy atom. The second-order valence-electron chi connectivity index (χ2n) is 8.99. The maximum Gasteiger partial charge on any atom is 0.270 e. The van der Waals surface area contributed by atoms with Crippen LogP contribution in [0.1, 0.15) is 29.1 Å². The standard InChI is InChI=1S/C28H25N5O5S/c1-17-14-19(9-10-21(17)30-25(34)16-37-2)32-27(26(31-28(32)39)22-8-3-4-13-29-22)24-12-11-23(38-24)18-6-5-7-20(15-18)33(35)36/h3-15,26-27H,16H2,1-2H3,(H,30,34)(H,31,39)/t26-,27+/m0/s1. The SMILES string of the molecule is COCC(=O)Nc1ccc(N2C(=S)N[C@@H](c3ccccn3)[C@H]2c2ccc(-c3cccc([N+](=O)[O-])c3)o2)cc1C. The third-order valence-corrected chi connectivity index (χ3v) is 6.71. The lowest BCUT2D eigenvalue weighted by molar-refractivity contribution is -0.384. The Morgan fingerprint density at radius 3 is 2.74 bits per heavy atom. The zero-order chi connectivity index (χ0) is 27.5. The normalized spacial score (nSPS) is 16.7. The fourth-order valence-electron chi connectivity index (χ4n) is 4.62. The van der Waals surface area contributed by atoms with Gasteiger partial charge in [0.1, 0.15) is 24.2 Å². The number of hydrogen-bond donors (Lipinski definition) is 2. The molecule has 1 saturated heterocycles. The molecule has 10 nitrogen and oxygen atoms in total. The number of ether oxygens (including phenoxy) is 1. The lowest BCUT2D eigenvalue weighted by Crippen LogP contribution is -2.29. The molecule has 4 aromatic rings. The number of nitro benzene ring substituents is 1. The van der Waals surface area contributed by atoms with Crippen molar-refractivity contribution in [3.63, 3.8) is 0 Å². The number of methoxy groups -OCH3 is 1. The molecule has 5 rings (SSSR count). The number of nitro groups is 1. The van der Waals surface area contributed by atoms with Gasteiger partial charge in [0, 0.05) is 42.4 Å². The van der Waals surface area contributed by atoms with Crippen molar-refractivity contribution in [1.29, 1.82) is 0 Å². The minimum Gasteiger partial charge on any atom is -0.459 e. The van der Waals surface area contributed by atoms with E-state index in [0.717, 1.165) is 16.9 Å². The van der Waals surface area contributed by atoms with Crippen LogP contribution < -0.4 is 15.5 Å². The number of aryl methyl sites for hydroxylation is 1. The van der Waals surface area contributed by atoms with Gasteiger partial charge in [0.05, 0.1) is 16.7 Å². The molecular formula is C28H25N5O5S. The zero-order valence-electron chi connectivity index (χ0n) is 21.2. The molecule has 3 heterocycles. The number of carbonyl (C=O) groups is 1. The predicted octanol–water partition coefficient (Wildman–Crippen LogP) is 5.32. The number of carbonyl (C=O) groups excluding carboxylic acids is 1. The van der Waals surface area contributed by atoms with E-state index in [4.69, 9.17) is 21.4 Å². The molecule has 39 heavy (non-hydrogen) atoms. The minimum absolute atomic E-state index is 0.0182. The van der Waals surface area contributed by atoms with E-state index in [9.17, 15) is 14.9 Å². The number of nitrogens with zero attached hydrogens (tertiary/aromatic N) is 3. The van der Waals surface area contributed by atoms with E-state index in [0.29, 0.717) is 27.9 Å². The first kappa shape index (κ1) is 26.0. The van der Waals surface area contributed by atoms with Gasteiger partial charge in [0.25, 0.3) is 5.69 Å². The average Bonchev–Trinajstić information content (AvgIpc) is 3.55. The van der Waals surface area contributed by atoms with Gasteiger partial charge < -0.3 is 24.7 Å². The van der Waals surface area contributed by atoms with Crippen molar-refractivity contribution in [2.45, 2.75) is 19.0 Å². The molecule has 0 saturated carbocycles. The molecule has 0 unspecified atom stereocenters. The van der Waals surface area contributed by atoms with Crippen LogP contribution in [0.2, 0.25) is 0 Å². The Balaban J connectivity index is 1.54. The number of furan rings is 1. The van der Waals surface area contributed by atoms with Gasteiger partial charge in [-0.25, -0.2) is 0 Å². The summed E-state index contributed by atoms with van der Waals surface area (Å²) in [7, 11) is 1.47. The molecule has 11 heteroatoms. The summed E-state index contributed by atoms with van der Waals surface area (Å²) < 4.78 is 11.2. The highest BCUT2D eigenvalue weighted by atomic mass is 32.1. The highest BCUT2D eigenvalue weighted by Crippen LogP contribution is 2.43. The van der Waals surface area contributed by atoms with E-state index in [1.54, 1.807) is 24.4 Å². The van der Waals surface area contributed by atoms with Crippen molar-refractivity contribution < 1.29 is 18.9 Å². The molecule has 2 aromatic heterocycles. The Kier molecular flexibility index (Phi) is 7.35. The molecule has 0 spiro atoms. The average molecular weight is 544 g/mol. The summed E-state index contributed by atoms with van der Waals surface area (Å²) in [6.07, 6.45) is 1.72. The maximum absolute atomic E-state index is 12.0. The third-order valence-electron chi connectivity index (χ3n) is 6.40. The van der Waals surface area contributed by atoms with Gasteiger partial charge in [-0.3, -0.25) is 19.9 Å². The molecule has 1 amide bonds. The summed E-state index contributed by atoms with van der Waals surface area (Å²) >= 11 is 5.79. The molecule has 1 aliphatic heterocycles. The number of hydrogen-bond acceptors (Lipinski definition) is 7. The van der Waals surface area contributed by atoms with Crippen LogP contribution in [-0.4, -0.2) is 34.6 Å². The fourth-order valence-corrected chi connectivity index (χ4v) is 4.96. The number of rotatable bonds is 8. The largest absolute Gasteiger partial charge is 0.459 e. The molecule has 0 radical (unpaired) electrons. The lowest BCUT2D eigenvalue weighted by atomic mass is 10.0. The number of non-ortho nitro benzene ring substituents is 1. The fraction of sp³-hybridized carbons (Fsp3) is 0.179. The molecule has 1 fully saturated rings. The first-order valence-corrected chi connectivity index (χ1v) is 12.5. The smallest absolute Gasteiger partial charge is 0.270 e. The Bertz CT molecular complexity index is 1540. The van der Waals surface area contributed by atoms with E-state index >= 15 is 0 Å². The van der Waals surface area contributed by atoms with E-state index in [1.807, 2.05) is 54.3 Å². The molecule has 198 valence electrons. The summed E-state index contributed by atoms with van der Waals surface area (Å²) in [5, 5.41) is 18.0. The number of amides is 1. The van der Waals surface area contributed by atoms with Crippen molar-refractivity contribution in [2.75, 3.05) is 23.9 Å². The van der Waals surface area contributed by atoms with Crippen LogP contribution in [0.15, 0.2) is 83.4 Å². The van der Waals surface area contributed by atoms with Crippen molar-refractivity contribution >= 4 is 40.3 Å². The Labute approximate surface area is 229 Å². The first-order valence-electron chi connectivity index (χ1n) is 12.1. The number of aromatic nitrogens is 1. The third kappa shape index (κ3) is 5.35. The van der Waals surface area contributed by atoms with Gasteiger partial charge in [0.15, 0.2) is 5.11 Å². The Hall–Kier alpha value is -4.61. The molecule has 0 bridgehead atoms. The summed E-state index contributed by atoms with van der Waals surface area (Å²) in [5.41, 5.74) is 3.67. The number of benzene rings is 2. The number of nitrogens with one attached hydrogen (secondary N) is 2. The number of pyridine rings is 1. The molecule has 1 aliphatic rings.